The van der Waals surface area contributed by atoms with Crippen LogP contribution < -0.4 is 16.1 Å². The third-order valence-corrected chi connectivity index (χ3v) is 26.2. The molecular weight excluding hydrogens is 410 g/mol. The van der Waals surface area contributed by atoms with E-state index in [9.17, 15) is 4.79 Å². The predicted molar refractivity (Wildman–Crippen MR) is 140 cm³/mol. The fourth-order valence-corrected chi connectivity index (χ4v) is 17.5. The molecule has 2 nitrogen and oxygen atoms in total. The summed E-state index contributed by atoms with van der Waals surface area (Å²) in [7, 11) is -3.50. The van der Waals surface area contributed by atoms with Crippen LogP contribution in [0.1, 0.15) is 65.9 Å². The molecule has 2 aromatic carbocycles. The fourth-order valence-electron chi connectivity index (χ4n) is 6.23. The number of allylic oxidation sites excluding steroid dienone is 1. The van der Waals surface area contributed by atoms with Crippen molar-refractivity contribution in [3.05, 3.63) is 51.1 Å². The quantitative estimate of drug-likeness (QED) is 0.628. The Hall–Kier alpha value is -1.92. The Kier molecular flexibility index (Phi) is 4.71. The van der Waals surface area contributed by atoms with Gasteiger partial charge >= 0.3 is 0 Å². The maximum absolute atomic E-state index is 13.1. The van der Waals surface area contributed by atoms with E-state index in [0.717, 1.165) is 17.5 Å². The first kappa shape index (κ1) is 22.3. The van der Waals surface area contributed by atoms with Crippen LogP contribution in [0, 0.1) is 13.8 Å². The van der Waals surface area contributed by atoms with Crippen molar-refractivity contribution in [3.63, 3.8) is 0 Å². The third-order valence-electron chi connectivity index (χ3n) is 8.34. The lowest BCUT2D eigenvalue weighted by Crippen LogP contribution is -2.64. The summed E-state index contributed by atoms with van der Waals surface area (Å²) >= 11 is 0. The summed E-state index contributed by atoms with van der Waals surface area (Å²) in [6.45, 7) is 23.5. The minimum absolute atomic E-state index is 0.0352. The van der Waals surface area contributed by atoms with Gasteiger partial charge in [-0.05, 0) is 71.2 Å². The topological polar surface area (TPSA) is 43.1 Å². The summed E-state index contributed by atoms with van der Waals surface area (Å²) in [6, 6.07) is 4.71. The Morgan fingerprint density at radius 1 is 0.935 bits per heavy atom. The van der Waals surface area contributed by atoms with Crippen LogP contribution in [-0.4, -0.2) is 21.1 Å². The van der Waals surface area contributed by atoms with Gasteiger partial charge in [-0.2, -0.15) is 0 Å². The second-order valence-corrected chi connectivity index (χ2v) is 26.9. The minimum Gasteiger partial charge on any atom is -0.366 e. The number of primary amides is 1. The van der Waals surface area contributed by atoms with Gasteiger partial charge in [0, 0.05) is 5.56 Å². The Labute approximate surface area is 189 Å². The van der Waals surface area contributed by atoms with Gasteiger partial charge in [-0.25, -0.2) is 0 Å². The average molecular weight is 448 g/mol. The van der Waals surface area contributed by atoms with E-state index in [1.165, 1.54) is 44.1 Å². The number of rotatable bonds is 2. The van der Waals surface area contributed by atoms with Gasteiger partial charge in [-0.1, -0.05) is 81.5 Å². The molecule has 31 heavy (non-hydrogen) atoms. The van der Waals surface area contributed by atoms with Crippen LogP contribution in [0.5, 0.6) is 0 Å². The third kappa shape index (κ3) is 2.91. The van der Waals surface area contributed by atoms with Crippen LogP contribution in [0.15, 0.2) is 17.7 Å². The standard InChI is InChI=1S/C27H37NOSi2/c1-15-11-18-13-19(27(4,5)6)14-21(20(18)12-15)22-16(2)24-17(3)25(23(22)26(28)29)31(9,10)30(24,7)8/h11,13-14H,12H2,1-10H3,(H2,28,29). The lowest BCUT2D eigenvalue weighted by molar-refractivity contribution is 0.100. The van der Waals surface area contributed by atoms with E-state index in [1.54, 1.807) is 5.19 Å². The molecule has 2 bridgehead atoms. The smallest absolute Gasteiger partial charge is 0.249 e. The molecule has 0 saturated heterocycles. The van der Waals surface area contributed by atoms with Gasteiger partial charge in [0.25, 0.3) is 0 Å². The number of amides is 1. The number of hydrogen-bond acceptors (Lipinski definition) is 1. The normalized spacial score (nSPS) is 18.2. The van der Waals surface area contributed by atoms with Crippen LogP contribution in [-0.2, 0) is 11.8 Å². The zero-order valence-electron chi connectivity index (χ0n) is 20.9. The molecule has 0 saturated carbocycles. The number of hydrogen-bond donors (Lipinski definition) is 1. The molecule has 4 rings (SSSR count). The number of carbonyl (C=O) groups excluding carboxylic acids is 1. The molecule has 0 radical (unpaired) electrons. The fraction of sp³-hybridized carbons (Fsp3) is 0.444. The molecule has 0 spiro atoms. The van der Waals surface area contributed by atoms with Crippen molar-refractivity contribution >= 4 is 37.5 Å². The summed E-state index contributed by atoms with van der Waals surface area (Å²) in [4.78, 5) is 13.1. The molecule has 4 heteroatoms. The van der Waals surface area contributed by atoms with E-state index in [0.29, 0.717) is 0 Å². The summed E-state index contributed by atoms with van der Waals surface area (Å²) in [5.74, 6) is -0.257. The largest absolute Gasteiger partial charge is 0.366 e. The molecule has 1 amide bonds. The Morgan fingerprint density at radius 3 is 2.06 bits per heavy atom. The predicted octanol–water partition coefficient (Wildman–Crippen LogP) is 5.25. The van der Waals surface area contributed by atoms with Crippen molar-refractivity contribution in [1.29, 1.82) is 0 Å². The van der Waals surface area contributed by atoms with Crippen molar-refractivity contribution in [1.82, 2.24) is 0 Å². The van der Waals surface area contributed by atoms with Crippen molar-refractivity contribution < 1.29 is 4.79 Å². The molecule has 0 unspecified atom stereocenters. The van der Waals surface area contributed by atoms with Gasteiger partial charge in [0.2, 0.25) is 5.91 Å². The van der Waals surface area contributed by atoms with E-state index in [-0.39, 0.29) is 11.3 Å². The summed E-state index contributed by atoms with van der Waals surface area (Å²) in [5.41, 5.74) is 17.4. The Morgan fingerprint density at radius 2 is 1.52 bits per heavy atom. The van der Waals surface area contributed by atoms with Crippen molar-refractivity contribution in [2.75, 3.05) is 0 Å². The van der Waals surface area contributed by atoms with E-state index < -0.39 is 15.2 Å². The van der Waals surface area contributed by atoms with E-state index in [2.05, 4.69) is 85.9 Å². The molecule has 1 aliphatic carbocycles. The second kappa shape index (κ2) is 6.55. The summed E-state index contributed by atoms with van der Waals surface area (Å²) in [5, 5.41) is 2.92. The summed E-state index contributed by atoms with van der Waals surface area (Å²) in [6.07, 6.45) is 3.27. The highest BCUT2D eigenvalue weighted by Gasteiger charge is 2.54. The van der Waals surface area contributed by atoms with Gasteiger partial charge < -0.3 is 5.73 Å². The van der Waals surface area contributed by atoms with Gasteiger partial charge in [-0.15, -0.1) is 0 Å². The molecule has 2 aliphatic rings. The van der Waals surface area contributed by atoms with Crippen LogP contribution in [0.3, 0.4) is 0 Å². The molecule has 2 aromatic rings. The highest BCUT2D eigenvalue weighted by Crippen LogP contribution is 2.43. The number of nitrogens with two attached hydrogens (primary N) is 1. The van der Waals surface area contributed by atoms with Crippen molar-refractivity contribution in [3.8, 4) is 11.1 Å². The second-order valence-electron chi connectivity index (χ2n) is 11.9. The van der Waals surface area contributed by atoms with Gasteiger partial charge in [-0.3, -0.25) is 4.79 Å². The first-order chi connectivity index (χ1) is 14.1. The van der Waals surface area contributed by atoms with E-state index >= 15 is 0 Å². The molecular formula is C27H37NOSi2. The molecule has 164 valence electrons. The van der Waals surface area contributed by atoms with Gasteiger partial charge in [0.15, 0.2) is 0 Å². The molecule has 1 aliphatic heterocycles. The van der Waals surface area contributed by atoms with Crippen LogP contribution in [0.4, 0.5) is 0 Å². The molecule has 1 heterocycles. The SMILES string of the molecule is CC1=Cc2cc(C(C)(C)C)cc(-c3c(C)c4c(C)c(c3C(N)=O)[Si](C)(C)[Si]4(C)C)c2C1. The maximum atomic E-state index is 13.1. The summed E-state index contributed by atoms with van der Waals surface area (Å²) < 4.78 is 0. The molecule has 0 aromatic heterocycles. The first-order valence-electron chi connectivity index (χ1n) is 11.4. The van der Waals surface area contributed by atoms with Crippen LogP contribution in [0.2, 0.25) is 26.2 Å². The van der Waals surface area contributed by atoms with Crippen LogP contribution in [0.25, 0.3) is 17.2 Å². The lowest BCUT2D eigenvalue weighted by Gasteiger charge is -2.33. The van der Waals surface area contributed by atoms with Crippen molar-refractivity contribution in [2.45, 2.75) is 79.6 Å². The highest BCUT2D eigenvalue weighted by atomic mass is 29.3. The first-order valence-corrected chi connectivity index (χ1v) is 18.4. The maximum Gasteiger partial charge on any atom is 0.249 e. The highest BCUT2D eigenvalue weighted by molar-refractivity contribution is 7.52. The Bertz CT molecular complexity index is 1190. The Balaban J connectivity index is 2.19. The molecule has 2 N–H and O–H groups in total. The van der Waals surface area contributed by atoms with Crippen molar-refractivity contribution in [2.24, 2.45) is 5.73 Å². The monoisotopic (exact) mass is 447 g/mol. The molecule has 0 fully saturated rings. The van der Waals surface area contributed by atoms with Gasteiger partial charge in [0.05, 0.1) is 15.2 Å². The lowest BCUT2D eigenvalue weighted by atomic mass is 9.80. The minimum atomic E-state index is -1.80. The zero-order chi connectivity index (χ0) is 23.3. The number of benzene rings is 2. The van der Waals surface area contributed by atoms with E-state index in [1.807, 2.05) is 0 Å². The molecule has 0 atom stereocenters. The average Bonchev–Trinajstić information content (AvgIpc) is 3.02. The van der Waals surface area contributed by atoms with E-state index in [4.69, 9.17) is 5.73 Å². The van der Waals surface area contributed by atoms with Crippen LogP contribution >= 0.6 is 0 Å². The number of carbonyl (C=O) groups is 1. The number of fused-ring (bicyclic) bond motifs is 3. The zero-order valence-corrected chi connectivity index (χ0v) is 22.9. The van der Waals surface area contributed by atoms with Gasteiger partial charge in [0.1, 0.15) is 0 Å².